The van der Waals surface area contributed by atoms with Crippen molar-refractivity contribution in [2.24, 2.45) is 4.99 Å². The third-order valence-corrected chi connectivity index (χ3v) is 4.06. The van der Waals surface area contributed by atoms with E-state index < -0.39 is 0 Å². The Labute approximate surface area is 136 Å². The van der Waals surface area contributed by atoms with Crippen LogP contribution < -0.4 is 0 Å². The van der Waals surface area contributed by atoms with E-state index in [4.69, 9.17) is 0 Å². The van der Waals surface area contributed by atoms with Gasteiger partial charge in [-0.3, -0.25) is 9.59 Å². The van der Waals surface area contributed by atoms with Gasteiger partial charge in [0.25, 0.3) is 0 Å². The molecule has 116 valence electrons. The van der Waals surface area contributed by atoms with Crippen LogP contribution in [0.2, 0.25) is 0 Å². The Morgan fingerprint density at radius 3 is 2.09 bits per heavy atom. The minimum Gasteiger partial charge on any atom is -0.294 e. The molecule has 0 saturated carbocycles. The molecule has 0 bridgehead atoms. The summed E-state index contributed by atoms with van der Waals surface area (Å²) < 4.78 is 0. The number of Topliss-reactive ketones (excluding diaryl/α,β-unsaturated/α-hetero) is 2. The summed E-state index contributed by atoms with van der Waals surface area (Å²) in [6, 6.07) is 14.8. The fourth-order valence-electron chi connectivity index (χ4n) is 2.69. The van der Waals surface area contributed by atoms with E-state index in [9.17, 15) is 9.59 Å². The Kier molecular flexibility index (Phi) is 3.72. The van der Waals surface area contributed by atoms with Crippen LogP contribution in [0.5, 0.6) is 0 Å². The Balaban J connectivity index is 1.95. The normalized spacial score (nSPS) is 16.6. The molecule has 0 N–H and O–H groups in total. The molecule has 0 heterocycles. The zero-order chi connectivity index (χ0) is 16.6. The highest BCUT2D eigenvalue weighted by atomic mass is 16.1. The monoisotopic (exact) mass is 305 g/mol. The smallest absolute Gasteiger partial charge is 0.208 e. The third-order valence-electron chi connectivity index (χ3n) is 4.06. The number of benzene rings is 2. The van der Waals surface area contributed by atoms with Crippen LogP contribution in [0.3, 0.4) is 0 Å². The molecule has 23 heavy (non-hydrogen) atoms. The molecule has 1 aliphatic carbocycles. The minimum absolute atomic E-state index is 0.0507. The van der Waals surface area contributed by atoms with E-state index in [0.717, 1.165) is 0 Å². The van der Waals surface area contributed by atoms with Gasteiger partial charge in [0.15, 0.2) is 5.78 Å². The Hall–Kier alpha value is -2.55. The van der Waals surface area contributed by atoms with E-state index in [-0.39, 0.29) is 23.4 Å². The number of ketones is 2. The first-order chi connectivity index (χ1) is 10.9. The van der Waals surface area contributed by atoms with Gasteiger partial charge < -0.3 is 0 Å². The molecule has 3 nitrogen and oxygen atoms in total. The van der Waals surface area contributed by atoms with Gasteiger partial charge >= 0.3 is 0 Å². The quantitative estimate of drug-likeness (QED) is 0.777. The molecule has 0 unspecified atom stereocenters. The lowest BCUT2D eigenvalue weighted by molar-refractivity contribution is 0.0965. The van der Waals surface area contributed by atoms with E-state index in [0.29, 0.717) is 22.5 Å². The Morgan fingerprint density at radius 1 is 0.870 bits per heavy atom. The zero-order valence-corrected chi connectivity index (χ0v) is 13.6. The average molecular weight is 305 g/mol. The highest BCUT2D eigenvalue weighted by Gasteiger charge is 2.28. The summed E-state index contributed by atoms with van der Waals surface area (Å²) in [5.74, 6) is -0.203. The number of carbonyl (C=O) groups is 2. The first-order valence-corrected chi connectivity index (χ1v) is 7.71. The van der Waals surface area contributed by atoms with E-state index in [1.54, 1.807) is 24.3 Å². The maximum Gasteiger partial charge on any atom is 0.208 e. The SMILES string of the molecule is CC(C)(C)c1ccc(N=C2CC(=O)c3ccccc3C2=O)cc1. The topological polar surface area (TPSA) is 46.5 Å². The number of carbonyl (C=O) groups excluding carboxylic acids is 2. The minimum atomic E-state index is -0.153. The molecule has 0 aliphatic heterocycles. The van der Waals surface area contributed by atoms with Crippen LogP contribution in [0.25, 0.3) is 0 Å². The van der Waals surface area contributed by atoms with Crippen molar-refractivity contribution in [3.63, 3.8) is 0 Å². The fourth-order valence-corrected chi connectivity index (χ4v) is 2.69. The number of hydrogen-bond acceptors (Lipinski definition) is 3. The first-order valence-electron chi connectivity index (χ1n) is 7.71. The summed E-state index contributed by atoms with van der Waals surface area (Å²) >= 11 is 0. The summed E-state index contributed by atoms with van der Waals surface area (Å²) in [7, 11) is 0. The predicted octanol–water partition coefficient (Wildman–Crippen LogP) is 4.53. The van der Waals surface area contributed by atoms with Crippen LogP contribution in [0.4, 0.5) is 5.69 Å². The Morgan fingerprint density at radius 2 is 1.48 bits per heavy atom. The number of rotatable bonds is 1. The van der Waals surface area contributed by atoms with Crippen LogP contribution in [0, 0.1) is 0 Å². The molecule has 0 saturated heterocycles. The van der Waals surface area contributed by atoms with Crippen molar-refractivity contribution < 1.29 is 9.59 Å². The molecule has 2 aromatic carbocycles. The van der Waals surface area contributed by atoms with E-state index in [2.05, 4.69) is 25.8 Å². The summed E-state index contributed by atoms with van der Waals surface area (Å²) in [6.45, 7) is 6.44. The number of aliphatic imine (C=N–C) groups is 1. The molecule has 0 atom stereocenters. The van der Waals surface area contributed by atoms with Gasteiger partial charge in [0, 0.05) is 11.1 Å². The van der Waals surface area contributed by atoms with Crippen molar-refractivity contribution in [1.29, 1.82) is 0 Å². The van der Waals surface area contributed by atoms with Crippen LogP contribution in [0.1, 0.15) is 53.5 Å². The molecule has 0 spiro atoms. The molecule has 1 aliphatic rings. The number of fused-ring (bicyclic) bond motifs is 1. The number of hydrogen-bond donors (Lipinski definition) is 0. The summed E-state index contributed by atoms with van der Waals surface area (Å²) in [5, 5.41) is 0. The van der Waals surface area contributed by atoms with Crippen molar-refractivity contribution in [2.75, 3.05) is 0 Å². The van der Waals surface area contributed by atoms with Gasteiger partial charge in [-0.1, -0.05) is 57.2 Å². The van der Waals surface area contributed by atoms with Gasteiger partial charge in [-0.15, -0.1) is 0 Å². The standard InChI is InChI=1S/C20H19NO2/c1-20(2,3)13-8-10-14(11-9-13)21-17-12-18(22)15-6-4-5-7-16(15)19(17)23/h4-11H,12H2,1-3H3. The van der Waals surface area contributed by atoms with E-state index in [1.165, 1.54) is 5.56 Å². The first kappa shape index (κ1) is 15.3. The maximum absolute atomic E-state index is 12.5. The van der Waals surface area contributed by atoms with Gasteiger partial charge in [0.2, 0.25) is 5.78 Å². The van der Waals surface area contributed by atoms with Gasteiger partial charge in [0.05, 0.1) is 17.8 Å². The van der Waals surface area contributed by atoms with Crippen LogP contribution in [0.15, 0.2) is 53.5 Å². The molecular weight excluding hydrogens is 286 g/mol. The average Bonchev–Trinajstić information content (AvgIpc) is 2.52. The lowest BCUT2D eigenvalue weighted by Crippen LogP contribution is -2.26. The number of nitrogens with zero attached hydrogens (tertiary/aromatic N) is 1. The van der Waals surface area contributed by atoms with Crippen LogP contribution in [-0.4, -0.2) is 17.3 Å². The zero-order valence-electron chi connectivity index (χ0n) is 13.6. The summed E-state index contributed by atoms with van der Waals surface area (Å²) in [5.41, 5.74) is 3.25. The third kappa shape index (κ3) is 3.00. The van der Waals surface area contributed by atoms with E-state index in [1.807, 2.05) is 24.3 Å². The van der Waals surface area contributed by atoms with Gasteiger partial charge in [-0.25, -0.2) is 4.99 Å². The van der Waals surface area contributed by atoms with Crippen molar-refractivity contribution >= 4 is 23.0 Å². The second-order valence-electron chi connectivity index (χ2n) is 6.83. The highest BCUT2D eigenvalue weighted by Crippen LogP contribution is 2.26. The van der Waals surface area contributed by atoms with E-state index >= 15 is 0 Å². The highest BCUT2D eigenvalue weighted by molar-refractivity contribution is 6.53. The fraction of sp³-hybridized carbons (Fsp3) is 0.250. The summed E-state index contributed by atoms with van der Waals surface area (Å²) in [4.78, 5) is 29.1. The van der Waals surface area contributed by atoms with Crippen molar-refractivity contribution in [3.05, 3.63) is 65.2 Å². The second-order valence-corrected chi connectivity index (χ2v) is 6.83. The van der Waals surface area contributed by atoms with Gasteiger partial charge in [-0.05, 0) is 23.1 Å². The van der Waals surface area contributed by atoms with Gasteiger partial charge in [-0.2, -0.15) is 0 Å². The van der Waals surface area contributed by atoms with Crippen molar-refractivity contribution in [1.82, 2.24) is 0 Å². The molecule has 0 amide bonds. The largest absolute Gasteiger partial charge is 0.294 e. The molecule has 0 fully saturated rings. The Bertz CT molecular complexity index is 808. The second kappa shape index (κ2) is 5.58. The van der Waals surface area contributed by atoms with Crippen LogP contribution in [-0.2, 0) is 5.41 Å². The molecular formula is C20H19NO2. The summed E-state index contributed by atoms with van der Waals surface area (Å²) in [6.07, 6.45) is 0.0663. The van der Waals surface area contributed by atoms with Crippen molar-refractivity contribution in [3.8, 4) is 0 Å². The maximum atomic E-state index is 12.5. The molecule has 3 rings (SSSR count). The van der Waals surface area contributed by atoms with Gasteiger partial charge in [0.1, 0.15) is 0 Å². The lowest BCUT2D eigenvalue weighted by Gasteiger charge is -2.19. The van der Waals surface area contributed by atoms with Crippen molar-refractivity contribution in [2.45, 2.75) is 32.6 Å². The predicted molar refractivity (Wildman–Crippen MR) is 92.0 cm³/mol. The lowest BCUT2D eigenvalue weighted by atomic mass is 9.87. The molecule has 0 radical (unpaired) electrons. The molecule has 0 aromatic heterocycles. The molecule has 3 heteroatoms. The molecule has 2 aromatic rings. The van der Waals surface area contributed by atoms with Crippen LogP contribution >= 0.6 is 0 Å².